The Bertz CT molecular complexity index is 1240. The summed E-state index contributed by atoms with van der Waals surface area (Å²) in [5.74, 6) is 1.50. The summed E-state index contributed by atoms with van der Waals surface area (Å²) in [4.78, 5) is 23.4. The number of nitro groups is 1. The van der Waals surface area contributed by atoms with Gasteiger partial charge in [0.25, 0.3) is 11.6 Å². The van der Waals surface area contributed by atoms with E-state index in [0.717, 1.165) is 11.3 Å². The van der Waals surface area contributed by atoms with E-state index in [9.17, 15) is 14.9 Å². The molecule has 2 N–H and O–H groups in total. The summed E-state index contributed by atoms with van der Waals surface area (Å²) in [6.45, 7) is 1.98. The van der Waals surface area contributed by atoms with Crippen LogP contribution in [0, 0.1) is 17.0 Å². The van der Waals surface area contributed by atoms with Crippen molar-refractivity contribution >= 4 is 51.0 Å². The molecule has 1 saturated heterocycles. The topological polar surface area (TPSA) is 107 Å². The van der Waals surface area contributed by atoms with Gasteiger partial charge >= 0.3 is 0 Å². The number of methoxy groups -OCH3 is 1. The van der Waals surface area contributed by atoms with E-state index < -0.39 is 4.92 Å². The van der Waals surface area contributed by atoms with Crippen molar-refractivity contribution in [2.45, 2.75) is 12.4 Å². The predicted molar refractivity (Wildman–Crippen MR) is 127 cm³/mol. The molecule has 32 heavy (non-hydrogen) atoms. The lowest BCUT2D eigenvalue weighted by atomic mass is 10.1. The highest BCUT2D eigenvalue weighted by atomic mass is 79.9. The van der Waals surface area contributed by atoms with E-state index in [1.807, 2.05) is 25.1 Å². The van der Waals surface area contributed by atoms with Crippen molar-refractivity contribution in [3.05, 3.63) is 79.3 Å². The summed E-state index contributed by atoms with van der Waals surface area (Å²) in [5.41, 5.74) is 2.16. The third-order valence-corrected chi connectivity index (χ3v) is 6.39. The first-order chi connectivity index (χ1) is 15.3. The number of rotatable bonds is 6. The number of furan rings is 1. The molecule has 2 aromatic carbocycles. The second-order valence-electron chi connectivity index (χ2n) is 6.95. The van der Waals surface area contributed by atoms with Crippen molar-refractivity contribution in [3.8, 4) is 17.1 Å². The SMILES string of the molecule is COc1ccc(C)cc1NC1NC(=O)/C(=C/c2ccc(-c3ccc([N+](=O)[O-])cc3Br)o2)S1. The molecule has 0 saturated carbocycles. The number of carbonyl (C=O) groups excluding carboxylic acids is 1. The Balaban J connectivity index is 1.51. The Kier molecular flexibility index (Phi) is 6.24. The van der Waals surface area contributed by atoms with Crippen LogP contribution in [0.3, 0.4) is 0 Å². The Labute approximate surface area is 196 Å². The van der Waals surface area contributed by atoms with Crippen LogP contribution < -0.4 is 15.4 Å². The van der Waals surface area contributed by atoms with Crippen molar-refractivity contribution in [3.63, 3.8) is 0 Å². The molecule has 1 aliphatic heterocycles. The molecule has 4 rings (SSSR count). The average Bonchev–Trinajstić information content (AvgIpc) is 3.34. The van der Waals surface area contributed by atoms with Crippen LogP contribution >= 0.6 is 27.7 Å². The number of non-ortho nitro benzene ring substituents is 1. The standard InChI is InChI=1S/C22H18BrN3O5S/c1-12-3-7-19(30-2)17(9-12)24-22-25-21(27)20(32-22)11-14-5-8-18(31-14)15-6-4-13(26(28)29)10-16(15)23/h3-11,22,24H,1-2H3,(H,25,27)/b20-11-. The van der Waals surface area contributed by atoms with Gasteiger partial charge in [0, 0.05) is 28.2 Å². The molecule has 1 fully saturated rings. The van der Waals surface area contributed by atoms with Gasteiger partial charge in [0.1, 0.15) is 17.3 Å². The molecule has 1 amide bonds. The van der Waals surface area contributed by atoms with Crippen LogP contribution in [0.15, 0.2) is 62.3 Å². The van der Waals surface area contributed by atoms with Crippen LogP contribution in [-0.4, -0.2) is 23.4 Å². The highest BCUT2D eigenvalue weighted by Gasteiger charge is 2.28. The quantitative estimate of drug-likeness (QED) is 0.252. The Hall–Kier alpha value is -3.24. The minimum absolute atomic E-state index is 0.0164. The number of aryl methyl sites for hydroxylation is 1. The van der Waals surface area contributed by atoms with E-state index in [1.54, 1.807) is 31.4 Å². The zero-order chi connectivity index (χ0) is 22.8. The molecule has 8 nitrogen and oxygen atoms in total. The number of thioether (sulfide) groups is 1. The van der Waals surface area contributed by atoms with Gasteiger partial charge in [0.2, 0.25) is 0 Å². The number of nitrogens with one attached hydrogen (secondary N) is 2. The number of hydrogen-bond acceptors (Lipinski definition) is 7. The maximum absolute atomic E-state index is 12.4. The summed E-state index contributed by atoms with van der Waals surface area (Å²) in [6, 6.07) is 13.7. The first-order valence-electron chi connectivity index (χ1n) is 9.48. The van der Waals surface area contributed by atoms with E-state index in [2.05, 4.69) is 26.6 Å². The third-order valence-electron chi connectivity index (χ3n) is 4.70. The molecule has 10 heteroatoms. The summed E-state index contributed by atoms with van der Waals surface area (Å²) >= 11 is 4.69. The van der Waals surface area contributed by atoms with Gasteiger partial charge in [-0.2, -0.15) is 0 Å². The van der Waals surface area contributed by atoms with Crippen molar-refractivity contribution < 1.29 is 18.9 Å². The first kappa shape index (κ1) is 22.0. The molecule has 0 bridgehead atoms. The maximum Gasteiger partial charge on any atom is 0.270 e. The molecular formula is C22H18BrN3O5S. The van der Waals surface area contributed by atoms with Crippen molar-refractivity contribution in [1.82, 2.24) is 5.32 Å². The van der Waals surface area contributed by atoms with E-state index in [4.69, 9.17) is 9.15 Å². The maximum atomic E-state index is 12.4. The van der Waals surface area contributed by atoms with Crippen molar-refractivity contribution in [2.75, 3.05) is 12.4 Å². The number of halogens is 1. The zero-order valence-electron chi connectivity index (χ0n) is 17.0. The van der Waals surface area contributed by atoms with Gasteiger partial charge in [0.05, 0.1) is 22.6 Å². The molecule has 2 heterocycles. The van der Waals surface area contributed by atoms with Crippen molar-refractivity contribution in [1.29, 1.82) is 0 Å². The van der Waals surface area contributed by atoms with Crippen LogP contribution in [0.25, 0.3) is 17.4 Å². The number of ether oxygens (including phenoxy) is 1. The van der Waals surface area contributed by atoms with Gasteiger partial charge in [0.15, 0.2) is 5.50 Å². The van der Waals surface area contributed by atoms with Gasteiger partial charge in [-0.15, -0.1) is 0 Å². The number of anilines is 1. The molecule has 1 atom stereocenters. The molecule has 164 valence electrons. The predicted octanol–water partition coefficient (Wildman–Crippen LogP) is 5.53. The highest BCUT2D eigenvalue weighted by molar-refractivity contribution is 9.10. The molecule has 1 unspecified atom stereocenters. The van der Waals surface area contributed by atoms with Crippen LogP contribution in [0.5, 0.6) is 5.75 Å². The van der Waals surface area contributed by atoms with E-state index in [-0.39, 0.29) is 17.1 Å². The fraction of sp³-hybridized carbons (Fsp3) is 0.136. The number of benzene rings is 2. The lowest BCUT2D eigenvalue weighted by Crippen LogP contribution is -2.31. The normalized spacial score (nSPS) is 16.8. The average molecular weight is 516 g/mol. The van der Waals surface area contributed by atoms with Crippen LogP contribution in [0.1, 0.15) is 11.3 Å². The Morgan fingerprint density at radius 1 is 1.25 bits per heavy atom. The third kappa shape index (κ3) is 4.66. The van der Waals surface area contributed by atoms with E-state index in [0.29, 0.717) is 32.2 Å². The van der Waals surface area contributed by atoms with E-state index in [1.165, 1.54) is 23.9 Å². The molecular weight excluding hydrogens is 498 g/mol. The first-order valence-corrected chi connectivity index (χ1v) is 11.2. The van der Waals surface area contributed by atoms with Crippen LogP contribution in [0.2, 0.25) is 0 Å². The molecule has 1 aromatic heterocycles. The fourth-order valence-electron chi connectivity index (χ4n) is 3.16. The van der Waals surface area contributed by atoms with Gasteiger partial charge in [-0.1, -0.05) is 17.8 Å². The summed E-state index contributed by atoms with van der Waals surface area (Å²) < 4.78 is 11.8. The lowest BCUT2D eigenvalue weighted by molar-refractivity contribution is -0.384. The summed E-state index contributed by atoms with van der Waals surface area (Å²) in [6.07, 6.45) is 1.66. The Morgan fingerprint density at radius 2 is 2.06 bits per heavy atom. The number of nitrogens with zero attached hydrogens (tertiary/aromatic N) is 1. The molecule has 1 aliphatic rings. The van der Waals surface area contributed by atoms with Gasteiger partial charge in [-0.25, -0.2) is 0 Å². The van der Waals surface area contributed by atoms with Gasteiger partial charge < -0.3 is 19.8 Å². The van der Waals surface area contributed by atoms with Crippen molar-refractivity contribution in [2.24, 2.45) is 0 Å². The number of amides is 1. The van der Waals surface area contributed by atoms with Crippen LogP contribution in [-0.2, 0) is 4.79 Å². The largest absolute Gasteiger partial charge is 0.495 e. The number of carbonyl (C=O) groups is 1. The lowest BCUT2D eigenvalue weighted by Gasteiger charge is -2.16. The minimum atomic E-state index is -0.459. The smallest absolute Gasteiger partial charge is 0.270 e. The van der Waals surface area contributed by atoms with Gasteiger partial charge in [-0.3, -0.25) is 14.9 Å². The summed E-state index contributed by atoms with van der Waals surface area (Å²) in [5, 5.41) is 17.1. The minimum Gasteiger partial charge on any atom is -0.495 e. The molecule has 3 aromatic rings. The fourth-order valence-corrected chi connectivity index (χ4v) is 4.68. The zero-order valence-corrected chi connectivity index (χ0v) is 19.5. The second kappa shape index (κ2) is 9.09. The molecule has 0 aliphatic carbocycles. The monoisotopic (exact) mass is 515 g/mol. The van der Waals surface area contributed by atoms with E-state index >= 15 is 0 Å². The highest BCUT2D eigenvalue weighted by Crippen LogP contribution is 2.36. The Morgan fingerprint density at radius 3 is 2.78 bits per heavy atom. The number of nitro benzene ring substituents is 1. The second-order valence-corrected chi connectivity index (χ2v) is 8.95. The summed E-state index contributed by atoms with van der Waals surface area (Å²) in [7, 11) is 1.60. The molecule has 0 radical (unpaired) electrons. The van der Waals surface area contributed by atoms with Gasteiger partial charge in [-0.05, 0) is 58.7 Å². The van der Waals surface area contributed by atoms with Crippen LogP contribution in [0.4, 0.5) is 11.4 Å². The number of hydrogen-bond donors (Lipinski definition) is 2. The molecule has 0 spiro atoms.